The molecule has 1 amide bonds. The van der Waals surface area contributed by atoms with Crippen LogP contribution >= 0.6 is 0 Å². The van der Waals surface area contributed by atoms with Gasteiger partial charge < -0.3 is 11.1 Å². The van der Waals surface area contributed by atoms with Gasteiger partial charge in [-0.25, -0.2) is 4.39 Å². The van der Waals surface area contributed by atoms with Crippen LogP contribution in [0.25, 0.3) is 0 Å². The van der Waals surface area contributed by atoms with Crippen molar-refractivity contribution in [2.24, 2.45) is 11.1 Å². The van der Waals surface area contributed by atoms with Crippen molar-refractivity contribution in [2.75, 3.05) is 11.9 Å². The molecule has 0 bridgehead atoms. The molecule has 0 atom stereocenters. The van der Waals surface area contributed by atoms with Gasteiger partial charge in [0.1, 0.15) is 5.82 Å². The van der Waals surface area contributed by atoms with Gasteiger partial charge in [0.25, 0.3) is 0 Å². The molecule has 4 heteroatoms. The summed E-state index contributed by atoms with van der Waals surface area (Å²) in [7, 11) is 0. The lowest BCUT2D eigenvalue weighted by molar-refractivity contribution is -0.117. The number of carbonyl (C=O) groups is 1. The van der Waals surface area contributed by atoms with Gasteiger partial charge in [-0.15, -0.1) is 0 Å². The summed E-state index contributed by atoms with van der Waals surface area (Å²) in [5.74, 6) is 4.62. The molecule has 1 aromatic rings. The summed E-state index contributed by atoms with van der Waals surface area (Å²) in [5, 5.41) is 2.67. The molecule has 1 aromatic carbocycles. The van der Waals surface area contributed by atoms with Crippen LogP contribution in [-0.2, 0) is 4.79 Å². The fraction of sp³-hybridized carbons (Fsp3) is 0.400. The van der Waals surface area contributed by atoms with Gasteiger partial charge in [-0.1, -0.05) is 32.6 Å². The number of rotatable bonds is 2. The summed E-state index contributed by atoms with van der Waals surface area (Å²) >= 11 is 0. The molecule has 0 aliphatic carbocycles. The molecule has 0 unspecified atom stereocenters. The lowest BCUT2D eigenvalue weighted by Gasteiger charge is -2.17. The van der Waals surface area contributed by atoms with E-state index in [1.165, 1.54) is 12.1 Å². The largest absolute Gasteiger partial charge is 0.326 e. The summed E-state index contributed by atoms with van der Waals surface area (Å²) in [6.07, 6.45) is 0.378. The number of benzene rings is 1. The maximum atomic E-state index is 13.7. The number of nitrogens with two attached hydrogens (primary N) is 1. The molecular weight excluding hydrogens is 243 g/mol. The summed E-state index contributed by atoms with van der Waals surface area (Å²) < 4.78 is 13.7. The van der Waals surface area contributed by atoms with E-state index in [0.717, 1.165) is 0 Å². The van der Waals surface area contributed by atoms with Crippen LogP contribution in [0, 0.1) is 23.1 Å². The smallest absolute Gasteiger partial charge is 0.224 e. The highest BCUT2D eigenvalue weighted by atomic mass is 19.1. The molecule has 0 saturated carbocycles. The van der Waals surface area contributed by atoms with Crippen molar-refractivity contribution >= 4 is 11.6 Å². The molecule has 0 spiro atoms. The van der Waals surface area contributed by atoms with Crippen molar-refractivity contribution < 1.29 is 9.18 Å². The molecule has 0 aliphatic heterocycles. The molecule has 0 fully saturated rings. The zero-order valence-corrected chi connectivity index (χ0v) is 11.5. The molecule has 3 nitrogen and oxygen atoms in total. The minimum atomic E-state index is -0.463. The maximum absolute atomic E-state index is 13.7. The second kappa shape index (κ2) is 6.35. The van der Waals surface area contributed by atoms with E-state index < -0.39 is 5.82 Å². The van der Waals surface area contributed by atoms with E-state index in [4.69, 9.17) is 5.73 Å². The Labute approximate surface area is 113 Å². The molecule has 3 N–H and O–H groups in total. The number of carbonyl (C=O) groups excluding carboxylic acids is 1. The Morgan fingerprint density at radius 1 is 1.42 bits per heavy atom. The highest BCUT2D eigenvalue weighted by Gasteiger charge is 2.16. The first-order valence-corrected chi connectivity index (χ1v) is 6.10. The maximum Gasteiger partial charge on any atom is 0.224 e. The molecular formula is C15H19FN2O. The highest BCUT2D eigenvalue weighted by Crippen LogP contribution is 2.20. The predicted octanol–water partition coefficient (Wildman–Crippen LogP) is 2.51. The van der Waals surface area contributed by atoms with Gasteiger partial charge in [0.05, 0.1) is 12.1 Å². The zero-order chi connectivity index (χ0) is 14.5. The third-order valence-electron chi connectivity index (χ3n) is 2.27. The van der Waals surface area contributed by atoms with Crippen molar-refractivity contribution in [1.82, 2.24) is 0 Å². The van der Waals surface area contributed by atoms with Gasteiger partial charge in [-0.3, -0.25) is 4.79 Å². The van der Waals surface area contributed by atoms with Crippen molar-refractivity contribution in [3.05, 3.63) is 29.6 Å². The van der Waals surface area contributed by atoms with E-state index in [0.29, 0.717) is 12.1 Å². The van der Waals surface area contributed by atoms with E-state index in [9.17, 15) is 9.18 Å². The molecule has 19 heavy (non-hydrogen) atoms. The van der Waals surface area contributed by atoms with E-state index >= 15 is 0 Å². The molecule has 1 rings (SSSR count). The Hall–Kier alpha value is -1.86. The summed E-state index contributed by atoms with van der Waals surface area (Å²) in [5.41, 5.74) is 5.84. The standard InChI is InChI=1S/C15H19FN2O/c1-15(2,3)10-14(19)18-12-7-6-11(5-4-8-17)13(16)9-12/h6-7,9H,8,10,17H2,1-3H3,(H,18,19). The van der Waals surface area contributed by atoms with Crippen molar-refractivity contribution in [3.63, 3.8) is 0 Å². The van der Waals surface area contributed by atoms with Gasteiger partial charge in [0.2, 0.25) is 5.91 Å². The Morgan fingerprint density at radius 3 is 2.63 bits per heavy atom. The Balaban J connectivity index is 2.76. The fourth-order valence-corrected chi connectivity index (χ4v) is 1.53. The molecule has 0 aromatic heterocycles. The summed E-state index contributed by atoms with van der Waals surface area (Å²) in [6, 6.07) is 4.43. The summed E-state index contributed by atoms with van der Waals surface area (Å²) in [4.78, 5) is 11.7. The molecule has 102 valence electrons. The van der Waals surface area contributed by atoms with Gasteiger partial charge in [-0.2, -0.15) is 0 Å². The minimum Gasteiger partial charge on any atom is -0.326 e. The first-order chi connectivity index (χ1) is 8.81. The van der Waals surface area contributed by atoms with Gasteiger partial charge in [-0.05, 0) is 23.6 Å². The molecule has 0 saturated heterocycles. The predicted molar refractivity (Wildman–Crippen MR) is 75.0 cm³/mol. The van der Waals surface area contributed by atoms with Crippen LogP contribution in [0.4, 0.5) is 10.1 Å². The Morgan fingerprint density at radius 2 is 2.11 bits per heavy atom. The van der Waals surface area contributed by atoms with Crippen molar-refractivity contribution in [2.45, 2.75) is 27.2 Å². The number of amides is 1. The third kappa shape index (κ3) is 5.54. The van der Waals surface area contributed by atoms with Gasteiger partial charge in [0, 0.05) is 12.1 Å². The monoisotopic (exact) mass is 262 g/mol. The number of hydrogen-bond acceptors (Lipinski definition) is 2. The van der Waals surface area contributed by atoms with Crippen LogP contribution in [-0.4, -0.2) is 12.5 Å². The quantitative estimate of drug-likeness (QED) is 0.805. The van der Waals surface area contributed by atoms with Crippen LogP contribution in [0.3, 0.4) is 0 Å². The zero-order valence-electron chi connectivity index (χ0n) is 11.5. The van der Waals surface area contributed by atoms with E-state index in [-0.39, 0.29) is 23.4 Å². The molecule has 0 aliphatic rings. The third-order valence-corrected chi connectivity index (χ3v) is 2.27. The second-order valence-electron chi connectivity index (χ2n) is 5.49. The average molecular weight is 262 g/mol. The van der Waals surface area contributed by atoms with Crippen LogP contribution in [0.5, 0.6) is 0 Å². The van der Waals surface area contributed by atoms with Crippen LogP contribution < -0.4 is 11.1 Å². The van der Waals surface area contributed by atoms with Crippen molar-refractivity contribution in [1.29, 1.82) is 0 Å². The minimum absolute atomic E-state index is 0.102. The Bertz CT molecular complexity index is 521. The summed E-state index contributed by atoms with van der Waals surface area (Å²) in [6.45, 7) is 6.10. The first-order valence-electron chi connectivity index (χ1n) is 6.10. The SMILES string of the molecule is CC(C)(C)CC(=O)Nc1ccc(C#CCN)c(F)c1. The number of hydrogen-bond donors (Lipinski definition) is 2. The van der Waals surface area contributed by atoms with Gasteiger partial charge >= 0.3 is 0 Å². The van der Waals surface area contributed by atoms with E-state index in [2.05, 4.69) is 17.2 Å². The van der Waals surface area contributed by atoms with E-state index in [1.807, 2.05) is 20.8 Å². The molecule has 0 heterocycles. The van der Waals surface area contributed by atoms with Crippen molar-refractivity contribution in [3.8, 4) is 11.8 Å². The van der Waals surface area contributed by atoms with Crippen LogP contribution in [0.2, 0.25) is 0 Å². The lowest BCUT2D eigenvalue weighted by Crippen LogP contribution is -2.19. The van der Waals surface area contributed by atoms with E-state index in [1.54, 1.807) is 6.07 Å². The Kier molecular flexibility index (Phi) is 5.08. The lowest BCUT2D eigenvalue weighted by atomic mass is 9.92. The first kappa shape index (κ1) is 15.2. The fourth-order valence-electron chi connectivity index (χ4n) is 1.53. The topological polar surface area (TPSA) is 55.1 Å². The van der Waals surface area contributed by atoms with Gasteiger partial charge in [0.15, 0.2) is 0 Å². The number of nitrogens with one attached hydrogen (secondary N) is 1. The second-order valence-corrected chi connectivity index (χ2v) is 5.49. The normalized spacial score (nSPS) is 10.6. The van der Waals surface area contributed by atoms with Crippen LogP contribution in [0.15, 0.2) is 18.2 Å². The number of halogens is 1. The number of anilines is 1. The molecule has 0 radical (unpaired) electrons. The van der Waals surface area contributed by atoms with Crippen LogP contribution in [0.1, 0.15) is 32.8 Å². The highest BCUT2D eigenvalue weighted by molar-refractivity contribution is 5.91. The average Bonchev–Trinajstić information content (AvgIpc) is 2.25.